The Morgan fingerprint density at radius 3 is 2.31 bits per heavy atom. The van der Waals surface area contributed by atoms with Crippen LogP contribution in [0.4, 0.5) is 0 Å². The smallest absolute Gasteiger partial charge is 0.191 e. The number of hydrogen-bond acceptors (Lipinski definition) is 2. The van der Waals surface area contributed by atoms with Gasteiger partial charge >= 0.3 is 0 Å². The molecule has 0 aliphatic carbocycles. The molecule has 1 atom stereocenters. The first kappa shape index (κ1) is 15.8. The molecule has 0 bridgehead atoms. The van der Waals surface area contributed by atoms with Gasteiger partial charge in [0.05, 0.1) is 0 Å². The van der Waals surface area contributed by atoms with E-state index in [0.29, 0.717) is 17.4 Å². The number of rotatable bonds is 7. The van der Waals surface area contributed by atoms with Gasteiger partial charge in [-0.3, -0.25) is 0 Å². The van der Waals surface area contributed by atoms with Crippen molar-refractivity contribution in [1.82, 2.24) is 0 Å². The molecule has 0 heterocycles. The zero-order valence-electron chi connectivity index (χ0n) is 11.8. The minimum atomic E-state index is -1.56. The number of carbonyl (C=O) groups excluding carboxylic acids is 1. The topological polar surface area (TPSA) is 26.3 Å². The maximum atomic E-state index is 10.3. The van der Waals surface area contributed by atoms with Crippen molar-refractivity contribution in [3.05, 3.63) is 0 Å². The Hall–Kier alpha value is -0.153. The molecule has 0 unspecified atom stereocenters. The molecule has 0 aromatic rings. The molecule has 0 N–H and O–H groups in total. The molecule has 0 aliphatic heterocycles. The number of aldehydes is 1. The van der Waals surface area contributed by atoms with Crippen LogP contribution >= 0.6 is 0 Å². The molecule has 0 aromatic heterocycles. The summed E-state index contributed by atoms with van der Waals surface area (Å²) >= 11 is 0. The molecule has 0 saturated carbocycles. The van der Waals surface area contributed by atoms with Crippen LogP contribution in [0.15, 0.2) is 0 Å². The summed E-state index contributed by atoms with van der Waals surface area (Å²) in [5.74, 6) is 0.500. The summed E-state index contributed by atoms with van der Waals surface area (Å²) in [7, 11) is -1.56. The van der Waals surface area contributed by atoms with E-state index < -0.39 is 8.32 Å². The van der Waals surface area contributed by atoms with Crippen LogP contribution in [0.5, 0.6) is 0 Å². The van der Waals surface area contributed by atoms with Gasteiger partial charge in [-0.25, -0.2) is 0 Å². The molecule has 2 nitrogen and oxygen atoms in total. The Balaban J connectivity index is 3.78. The van der Waals surface area contributed by atoms with Gasteiger partial charge in [0.15, 0.2) is 8.32 Å². The summed E-state index contributed by atoms with van der Waals surface area (Å²) in [5, 5.41) is 0.293. The molecule has 16 heavy (non-hydrogen) atoms. The van der Waals surface area contributed by atoms with Crippen molar-refractivity contribution in [1.29, 1.82) is 0 Å². The predicted molar refractivity (Wildman–Crippen MR) is 72.2 cm³/mol. The highest BCUT2D eigenvalue weighted by atomic mass is 28.4. The summed E-state index contributed by atoms with van der Waals surface area (Å²) in [5.41, 5.74) is 0. The summed E-state index contributed by atoms with van der Waals surface area (Å²) in [6.07, 6.45) is 3.86. The highest BCUT2D eigenvalue weighted by molar-refractivity contribution is 6.74. The molecular weight excluding hydrogens is 216 g/mol. The fourth-order valence-electron chi connectivity index (χ4n) is 1.26. The summed E-state index contributed by atoms with van der Waals surface area (Å²) in [4.78, 5) is 10.3. The van der Waals surface area contributed by atoms with Gasteiger partial charge in [0.1, 0.15) is 6.29 Å². The molecule has 0 spiro atoms. The van der Waals surface area contributed by atoms with Crippen LogP contribution in [0, 0.1) is 5.92 Å². The first-order valence-electron chi connectivity index (χ1n) is 6.28. The molecule has 0 fully saturated rings. The molecular formula is C13H28O2Si. The lowest BCUT2D eigenvalue weighted by Gasteiger charge is -2.36. The third-order valence-corrected chi connectivity index (χ3v) is 8.15. The average molecular weight is 244 g/mol. The molecule has 96 valence electrons. The van der Waals surface area contributed by atoms with Crippen molar-refractivity contribution >= 4 is 14.6 Å². The molecule has 0 aliphatic rings. The summed E-state index contributed by atoms with van der Waals surface area (Å²) in [6, 6.07) is 0. The Labute approximate surface area is 102 Å². The quantitative estimate of drug-likeness (QED) is 0.384. The summed E-state index contributed by atoms with van der Waals surface area (Å²) < 4.78 is 6.07. The van der Waals surface area contributed by atoms with Crippen LogP contribution < -0.4 is 0 Å². The van der Waals surface area contributed by atoms with E-state index in [2.05, 4.69) is 40.8 Å². The van der Waals surface area contributed by atoms with Gasteiger partial charge in [-0.05, 0) is 36.9 Å². The fourth-order valence-corrected chi connectivity index (χ4v) is 2.35. The molecule has 0 amide bonds. The minimum absolute atomic E-state index is 0.293. The van der Waals surface area contributed by atoms with Crippen LogP contribution in [0.3, 0.4) is 0 Å². The lowest BCUT2D eigenvalue weighted by atomic mass is 10.0. The Morgan fingerprint density at radius 1 is 1.31 bits per heavy atom. The Kier molecular flexibility index (Phi) is 6.49. The van der Waals surface area contributed by atoms with Crippen LogP contribution in [-0.2, 0) is 9.22 Å². The lowest BCUT2D eigenvalue weighted by Crippen LogP contribution is -2.41. The third kappa shape index (κ3) is 5.80. The van der Waals surface area contributed by atoms with Crippen LogP contribution in [0.25, 0.3) is 0 Å². The first-order chi connectivity index (χ1) is 7.20. The van der Waals surface area contributed by atoms with Gasteiger partial charge in [-0.1, -0.05) is 27.7 Å². The summed E-state index contributed by atoms with van der Waals surface area (Å²) in [6.45, 7) is 14.3. The normalized spacial score (nSPS) is 14.9. The van der Waals surface area contributed by atoms with Gasteiger partial charge < -0.3 is 9.22 Å². The van der Waals surface area contributed by atoms with Crippen LogP contribution in [0.1, 0.15) is 47.0 Å². The average Bonchev–Trinajstić information content (AvgIpc) is 2.11. The molecule has 0 saturated heterocycles. The standard InChI is InChI=1S/C13H28O2Si/c1-12(9-10-14)8-7-11-15-16(5,6)13(2,3)4/h10,12H,7-9,11H2,1-6H3/t12-/m1/s1. The minimum Gasteiger partial charge on any atom is -0.417 e. The molecule has 0 radical (unpaired) electrons. The van der Waals surface area contributed by atoms with E-state index in [4.69, 9.17) is 4.43 Å². The van der Waals surface area contributed by atoms with E-state index in [0.717, 1.165) is 25.7 Å². The fraction of sp³-hybridized carbons (Fsp3) is 0.923. The van der Waals surface area contributed by atoms with E-state index in [1.807, 2.05) is 0 Å². The van der Waals surface area contributed by atoms with Crippen molar-refractivity contribution in [2.75, 3.05) is 6.61 Å². The van der Waals surface area contributed by atoms with Crippen LogP contribution in [0.2, 0.25) is 18.1 Å². The third-order valence-electron chi connectivity index (χ3n) is 3.61. The van der Waals surface area contributed by atoms with Crippen LogP contribution in [-0.4, -0.2) is 21.2 Å². The predicted octanol–water partition coefficient (Wildman–Crippen LogP) is 4.01. The lowest BCUT2D eigenvalue weighted by molar-refractivity contribution is -0.108. The highest BCUT2D eigenvalue weighted by Crippen LogP contribution is 2.36. The monoisotopic (exact) mass is 244 g/mol. The van der Waals surface area contributed by atoms with E-state index in [1.165, 1.54) is 0 Å². The number of carbonyl (C=O) groups is 1. The molecule has 0 rings (SSSR count). The van der Waals surface area contributed by atoms with Gasteiger partial charge in [-0.2, -0.15) is 0 Å². The van der Waals surface area contributed by atoms with E-state index in [1.54, 1.807) is 0 Å². The van der Waals surface area contributed by atoms with Gasteiger partial charge in [0, 0.05) is 13.0 Å². The van der Waals surface area contributed by atoms with Crippen molar-refractivity contribution in [3.8, 4) is 0 Å². The highest BCUT2D eigenvalue weighted by Gasteiger charge is 2.36. The zero-order chi connectivity index (χ0) is 12.8. The maximum absolute atomic E-state index is 10.3. The first-order valence-corrected chi connectivity index (χ1v) is 9.19. The van der Waals surface area contributed by atoms with Crippen molar-refractivity contribution in [3.63, 3.8) is 0 Å². The van der Waals surface area contributed by atoms with E-state index >= 15 is 0 Å². The van der Waals surface area contributed by atoms with Gasteiger partial charge in [0.25, 0.3) is 0 Å². The largest absolute Gasteiger partial charge is 0.417 e. The van der Waals surface area contributed by atoms with Crippen molar-refractivity contribution < 1.29 is 9.22 Å². The SMILES string of the molecule is C[C@@H](CC=O)CCCO[Si](C)(C)C(C)(C)C. The molecule has 3 heteroatoms. The van der Waals surface area contributed by atoms with E-state index in [-0.39, 0.29) is 0 Å². The number of hydrogen-bond donors (Lipinski definition) is 0. The molecule has 0 aromatic carbocycles. The Bertz CT molecular complexity index is 206. The van der Waals surface area contributed by atoms with Crippen molar-refractivity contribution in [2.24, 2.45) is 5.92 Å². The van der Waals surface area contributed by atoms with Gasteiger partial charge in [0.2, 0.25) is 0 Å². The zero-order valence-corrected chi connectivity index (χ0v) is 12.8. The van der Waals surface area contributed by atoms with E-state index in [9.17, 15) is 4.79 Å². The second-order valence-corrected chi connectivity index (χ2v) is 11.1. The van der Waals surface area contributed by atoms with Gasteiger partial charge in [-0.15, -0.1) is 0 Å². The second kappa shape index (κ2) is 6.55. The maximum Gasteiger partial charge on any atom is 0.191 e. The van der Waals surface area contributed by atoms with Crippen molar-refractivity contribution in [2.45, 2.75) is 65.1 Å². The second-order valence-electron chi connectivity index (χ2n) is 6.26. The Morgan fingerprint density at radius 2 is 1.88 bits per heavy atom.